The summed E-state index contributed by atoms with van der Waals surface area (Å²) in [5.41, 5.74) is 1.59. The minimum Gasteiger partial charge on any atom is -0.493 e. The standard InChI is InChI=1S/C24H28N4O5/c1-23(2,3)14-24(4,5)15-6-9-17(10-7-15)33-13-20(29)26-27-21-18-12-16(28(31)32)8-11-19(18)25-22(21)30/h6-12,25,30H,13-14H2,1-5H3. The quantitative estimate of drug-likeness (QED) is 0.251. The molecule has 1 amide bonds. The van der Waals surface area contributed by atoms with Crippen molar-refractivity contribution in [3.05, 3.63) is 58.1 Å². The number of fused-ring (bicyclic) bond motifs is 1. The number of nitro groups is 1. The number of nitrogens with zero attached hydrogens (tertiary/aromatic N) is 3. The molecule has 1 aromatic heterocycles. The number of benzene rings is 2. The Hall–Kier alpha value is -3.75. The van der Waals surface area contributed by atoms with Gasteiger partial charge in [-0.05, 0) is 41.0 Å². The van der Waals surface area contributed by atoms with E-state index < -0.39 is 10.8 Å². The number of rotatable bonds is 7. The van der Waals surface area contributed by atoms with E-state index in [1.54, 1.807) is 0 Å². The zero-order valence-electron chi connectivity index (χ0n) is 19.4. The maximum Gasteiger partial charge on any atom is 0.302 e. The van der Waals surface area contributed by atoms with E-state index in [2.05, 4.69) is 49.8 Å². The first-order valence-electron chi connectivity index (χ1n) is 10.5. The highest BCUT2D eigenvalue weighted by Crippen LogP contribution is 2.38. The van der Waals surface area contributed by atoms with Crippen LogP contribution in [0, 0.1) is 15.5 Å². The first-order chi connectivity index (χ1) is 15.4. The Morgan fingerprint density at radius 3 is 2.39 bits per heavy atom. The summed E-state index contributed by atoms with van der Waals surface area (Å²) in [5, 5.41) is 28.7. The number of nitro benzene ring substituents is 1. The van der Waals surface area contributed by atoms with Crippen molar-refractivity contribution in [2.45, 2.75) is 46.5 Å². The van der Waals surface area contributed by atoms with Gasteiger partial charge in [0.1, 0.15) is 5.75 Å². The summed E-state index contributed by atoms with van der Waals surface area (Å²) in [4.78, 5) is 25.2. The Balaban J connectivity index is 1.66. The van der Waals surface area contributed by atoms with Crippen LogP contribution in [0.15, 0.2) is 52.7 Å². The molecule has 0 aliphatic carbocycles. The highest BCUT2D eigenvalue weighted by Gasteiger charge is 2.27. The van der Waals surface area contributed by atoms with Crippen LogP contribution in [0.3, 0.4) is 0 Å². The van der Waals surface area contributed by atoms with Gasteiger partial charge in [0.2, 0.25) is 5.88 Å². The third kappa shape index (κ3) is 5.94. The number of ether oxygens (including phenoxy) is 1. The van der Waals surface area contributed by atoms with Gasteiger partial charge in [-0.1, -0.05) is 46.8 Å². The Morgan fingerprint density at radius 2 is 1.79 bits per heavy atom. The van der Waals surface area contributed by atoms with Gasteiger partial charge in [0, 0.05) is 17.5 Å². The topological polar surface area (TPSA) is 130 Å². The van der Waals surface area contributed by atoms with Crippen LogP contribution in [0.5, 0.6) is 11.6 Å². The Bertz CT molecular complexity index is 1200. The number of amides is 1. The molecule has 33 heavy (non-hydrogen) atoms. The monoisotopic (exact) mass is 452 g/mol. The minimum atomic E-state index is -0.661. The number of hydrogen-bond acceptors (Lipinski definition) is 6. The third-order valence-electron chi connectivity index (χ3n) is 5.18. The lowest BCUT2D eigenvalue weighted by molar-refractivity contribution is -0.384. The molecule has 3 rings (SSSR count). The van der Waals surface area contributed by atoms with Gasteiger partial charge >= 0.3 is 5.91 Å². The Kier molecular flexibility index (Phi) is 6.53. The van der Waals surface area contributed by atoms with Crippen LogP contribution >= 0.6 is 0 Å². The lowest BCUT2D eigenvalue weighted by Gasteiger charge is -2.33. The Labute approximate surface area is 191 Å². The van der Waals surface area contributed by atoms with Gasteiger partial charge < -0.3 is 14.8 Å². The molecule has 2 N–H and O–H groups in total. The zero-order valence-corrected chi connectivity index (χ0v) is 19.4. The van der Waals surface area contributed by atoms with Crippen LogP contribution in [0.2, 0.25) is 0 Å². The number of H-pyrrole nitrogens is 1. The summed E-state index contributed by atoms with van der Waals surface area (Å²) >= 11 is 0. The maximum atomic E-state index is 12.1. The fourth-order valence-corrected chi connectivity index (χ4v) is 4.08. The molecule has 9 nitrogen and oxygen atoms in total. The maximum absolute atomic E-state index is 12.1. The second kappa shape index (κ2) is 9.01. The Morgan fingerprint density at radius 1 is 1.12 bits per heavy atom. The molecule has 3 aromatic rings. The lowest BCUT2D eigenvalue weighted by atomic mass is 9.72. The van der Waals surface area contributed by atoms with E-state index in [1.165, 1.54) is 23.8 Å². The van der Waals surface area contributed by atoms with E-state index in [9.17, 15) is 20.0 Å². The van der Waals surface area contributed by atoms with Crippen molar-refractivity contribution in [3.63, 3.8) is 0 Å². The van der Waals surface area contributed by atoms with Crippen molar-refractivity contribution in [2.75, 3.05) is 6.61 Å². The van der Waals surface area contributed by atoms with Gasteiger partial charge in [0.25, 0.3) is 5.69 Å². The van der Waals surface area contributed by atoms with Gasteiger partial charge in [0.15, 0.2) is 12.3 Å². The van der Waals surface area contributed by atoms with Crippen molar-refractivity contribution in [3.8, 4) is 11.6 Å². The number of nitrogens with one attached hydrogen (secondary N) is 1. The predicted molar refractivity (Wildman–Crippen MR) is 125 cm³/mol. The second-order valence-electron chi connectivity index (χ2n) is 9.84. The number of aromatic amines is 1. The number of hydrogen-bond donors (Lipinski definition) is 2. The number of non-ortho nitro benzene ring substituents is 1. The molecule has 0 atom stereocenters. The van der Waals surface area contributed by atoms with Crippen LogP contribution in [0.1, 0.15) is 46.6 Å². The summed E-state index contributed by atoms with van der Waals surface area (Å²) in [7, 11) is 0. The van der Waals surface area contributed by atoms with E-state index in [0.717, 1.165) is 6.42 Å². The number of carbonyl (C=O) groups excluding carboxylic acids is 1. The summed E-state index contributed by atoms with van der Waals surface area (Å²) in [5.74, 6) is -0.470. The molecule has 1 heterocycles. The predicted octanol–water partition coefficient (Wildman–Crippen LogP) is 6.18. The SMILES string of the molecule is CC(C)(C)CC(C)(C)c1ccc(OCC(=O)N=Nc2c(O)[nH]c3ccc([N+](=O)[O-])cc23)cc1. The highest BCUT2D eigenvalue weighted by molar-refractivity contribution is 5.95. The molecule has 0 aliphatic rings. The highest BCUT2D eigenvalue weighted by atomic mass is 16.6. The number of aromatic nitrogens is 1. The summed E-state index contributed by atoms with van der Waals surface area (Å²) in [6, 6.07) is 11.6. The van der Waals surface area contributed by atoms with E-state index in [1.807, 2.05) is 24.3 Å². The average molecular weight is 453 g/mol. The van der Waals surface area contributed by atoms with Gasteiger partial charge in [-0.3, -0.25) is 14.9 Å². The molecular formula is C24H28N4O5. The van der Waals surface area contributed by atoms with Gasteiger partial charge in [-0.15, -0.1) is 10.2 Å². The van der Waals surface area contributed by atoms with E-state index >= 15 is 0 Å². The van der Waals surface area contributed by atoms with Gasteiger partial charge in [-0.2, -0.15) is 0 Å². The largest absolute Gasteiger partial charge is 0.493 e. The fraction of sp³-hybridized carbons (Fsp3) is 0.375. The molecule has 9 heteroatoms. The molecule has 0 bridgehead atoms. The minimum absolute atomic E-state index is 0.00276. The van der Waals surface area contributed by atoms with E-state index in [4.69, 9.17) is 4.74 Å². The van der Waals surface area contributed by atoms with Crippen LogP contribution in [-0.4, -0.2) is 27.5 Å². The molecule has 0 saturated carbocycles. The summed E-state index contributed by atoms with van der Waals surface area (Å²) in [6.07, 6.45) is 1.02. The molecule has 0 spiro atoms. The fourth-order valence-electron chi connectivity index (χ4n) is 4.08. The van der Waals surface area contributed by atoms with Crippen molar-refractivity contribution >= 4 is 28.2 Å². The van der Waals surface area contributed by atoms with E-state index in [0.29, 0.717) is 11.3 Å². The van der Waals surface area contributed by atoms with Gasteiger partial charge in [-0.25, -0.2) is 0 Å². The molecule has 0 aliphatic heterocycles. The number of carbonyl (C=O) groups is 1. The molecular weight excluding hydrogens is 424 g/mol. The summed E-state index contributed by atoms with van der Waals surface area (Å²) < 4.78 is 5.51. The van der Waals surface area contributed by atoms with Crippen molar-refractivity contribution in [2.24, 2.45) is 15.6 Å². The first-order valence-corrected chi connectivity index (χ1v) is 10.5. The average Bonchev–Trinajstić information content (AvgIpc) is 3.03. The van der Waals surface area contributed by atoms with Crippen LogP contribution in [-0.2, 0) is 10.2 Å². The zero-order chi connectivity index (χ0) is 24.4. The van der Waals surface area contributed by atoms with E-state index in [-0.39, 0.29) is 40.1 Å². The third-order valence-corrected chi connectivity index (χ3v) is 5.18. The molecule has 0 fully saturated rings. The first kappa shape index (κ1) is 23.9. The number of azo groups is 1. The summed E-state index contributed by atoms with van der Waals surface area (Å²) in [6.45, 7) is 10.7. The molecule has 0 saturated heterocycles. The molecule has 0 unspecified atom stereocenters. The number of aromatic hydroxyl groups is 1. The van der Waals surface area contributed by atoms with Crippen LogP contribution in [0.4, 0.5) is 11.4 Å². The van der Waals surface area contributed by atoms with Crippen LogP contribution < -0.4 is 4.74 Å². The lowest BCUT2D eigenvalue weighted by Crippen LogP contribution is -2.24. The van der Waals surface area contributed by atoms with Crippen LogP contribution in [0.25, 0.3) is 10.9 Å². The molecule has 0 radical (unpaired) electrons. The van der Waals surface area contributed by atoms with Gasteiger partial charge in [0.05, 0.1) is 10.4 Å². The van der Waals surface area contributed by atoms with Crippen molar-refractivity contribution in [1.29, 1.82) is 0 Å². The molecule has 2 aromatic carbocycles. The molecule has 174 valence electrons. The van der Waals surface area contributed by atoms with Crippen molar-refractivity contribution < 1.29 is 19.6 Å². The normalized spacial score (nSPS) is 12.4. The second-order valence-corrected chi connectivity index (χ2v) is 9.84. The smallest absolute Gasteiger partial charge is 0.302 e. The van der Waals surface area contributed by atoms with Crippen molar-refractivity contribution in [1.82, 2.24) is 4.98 Å².